The molecule has 0 aromatic rings. The number of nitrogens with one attached hydrogen (secondary N) is 2. The van der Waals surface area contributed by atoms with E-state index in [-0.39, 0.29) is 0 Å². The van der Waals surface area contributed by atoms with Gasteiger partial charge in [0.05, 0.1) is 6.61 Å². The normalized spacial score (nSPS) is 21.1. The van der Waals surface area contributed by atoms with Gasteiger partial charge in [-0.05, 0) is 63.6 Å². The Balaban J connectivity index is 1.43. The molecule has 0 aromatic carbocycles. The van der Waals surface area contributed by atoms with Gasteiger partial charge in [0.15, 0.2) is 5.96 Å². The summed E-state index contributed by atoms with van der Waals surface area (Å²) in [5, 5.41) is 6.69. The van der Waals surface area contributed by atoms with Crippen LogP contribution in [0.3, 0.4) is 0 Å². The first-order valence-electron chi connectivity index (χ1n) is 9.02. The topological polar surface area (TPSA) is 48.9 Å². The number of piperidine rings is 1. The van der Waals surface area contributed by atoms with Gasteiger partial charge in [-0.3, -0.25) is 4.99 Å². The van der Waals surface area contributed by atoms with Crippen molar-refractivity contribution in [2.24, 2.45) is 16.8 Å². The van der Waals surface area contributed by atoms with Gasteiger partial charge in [-0.1, -0.05) is 6.92 Å². The molecule has 1 aliphatic heterocycles. The zero-order valence-corrected chi connectivity index (χ0v) is 14.4. The zero-order chi connectivity index (χ0) is 15.6. The first-order valence-corrected chi connectivity index (χ1v) is 9.02. The lowest BCUT2D eigenvalue weighted by Crippen LogP contribution is -2.40. The van der Waals surface area contributed by atoms with E-state index in [1.807, 2.05) is 7.05 Å². The molecule has 0 bridgehead atoms. The molecule has 2 rings (SSSR count). The number of rotatable bonds is 9. The SMILES string of the molecule is CN=C(NCCCN1CCC(C)CC1)NCCOCC1CC1. The molecule has 5 heteroatoms. The van der Waals surface area contributed by atoms with Crippen LogP contribution < -0.4 is 10.6 Å². The van der Waals surface area contributed by atoms with Crippen LogP contribution in [-0.4, -0.2) is 63.8 Å². The van der Waals surface area contributed by atoms with E-state index in [1.165, 1.54) is 51.7 Å². The van der Waals surface area contributed by atoms with Gasteiger partial charge in [0.1, 0.15) is 0 Å². The van der Waals surface area contributed by atoms with E-state index in [0.29, 0.717) is 0 Å². The van der Waals surface area contributed by atoms with Gasteiger partial charge in [-0.2, -0.15) is 0 Å². The Labute approximate surface area is 135 Å². The molecule has 0 atom stereocenters. The molecule has 1 heterocycles. The van der Waals surface area contributed by atoms with Crippen LogP contribution in [0.25, 0.3) is 0 Å². The summed E-state index contributed by atoms with van der Waals surface area (Å²) in [6.07, 6.45) is 6.60. The summed E-state index contributed by atoms with van der Waals surface area (Å²) >= 11 is 0. The van der Waals surface area contributed by atoms with Crippen LogP contribution in [0, 0.1) is 11.8 Å². The highest BCUT2D eigenvalue weighted by Gasteiger charge is 2.20. The molecule has 1 saturated heterocycles. The van der Waals surface area contributed by atoms with Gasteiger partial charge < -0.3 is 20.3 Å². The van der Waals surface area contributed by atoms with Crippen LogP contribution in [-0.2, 0) is 4.74 Å². The monoisotopic (exact) mass is 310 g/mol. The van der Waals surface area contributed by atoms with Gasteiger partial charge in [0.25, 0.3) is 0 Å². The second kappa shape index (κ2) is 10.1. The molecular formula is C17H34N4O. The number of hydrogen-bond donors (Lipinski definition) is 2. The number of aliphatic imine (C=N–C) groups is 1. The van der Waals surface area contributed by atoms with Crippen molar-refractivity contribution >= 4 is 5.96 Å². The highest BCUT2D eigenvalue weighted by atomic mass is 16.5. The van der Waals surface area contributed by atoms with E-state index in [2.05, 4.69) is 27.4 Å². The van der Waals surface area contributed by atoms with E-state index >= 15 is 0 Å². The van der Waals surface area contributed by atoms with Crippen LogP contribution in [0.4, 0.5) is 0 Å². The fraction of sp³-hybridized carbons (Fsp3) is 0.941. The minimum absolute atomic E-state index is 0.767. The fourth-order valence-corrected chi connectivity index (χ4v) is 2.79. The average molecular weight is 310 g/mol. The smallest absolute Gasteiger partial charge is 0.191 e. The third kappa shape index (κ3) is 7.45. The van der Waals surface area contributed by atoms with Crippen LogP contribution in [0.2, 0.25) is 0 Å². The molecule has 0 aromatic heterocycles. The van der Waals surface area contributed by atoms with E-state index in [9.17, 15) is 0 Å². The highest BCUT2D eigenvalue weighted by molar-refractivity contribution is 5.79. The van der Waals surface area contributed by atoms with Crippen molar-refractivity contribution in [3.63, 3.8) is 0 Å². The maximum atomic E-state index is 5.61. The molecule has 0 radical (unpaired) electrons. The summed E-state index contributed by atoms with van der Waals surface area (Å²) < 4.78 is 5.61. The van der Waals surface area contributed by atoms with E-state index in [0.717, 1.165) is 44.1 Å². The number of ether oxygens (including phenoxy) is 1. The quantitative estimate of drug-likeness (QED) is 0.387. The molecule has 2 N–H and O–H groups in total. The predicted molar refractivity (Wildman–Crippen MR) is 92.4 cm³/mol. The predicted octanol–water partition coefficient (Wildman–Crippen LogP) is 1.70. The molecule has 0 unspecified atom stereocenters. The largest absolute Gasteiger partial charge is 0.379 e. The highest BCUT2D eigenvalue weighted by Crippen LogP contribution is 2.28. The molecule has 1 aliphatic carbocycles. The fourth-order valence-electron chi connectivity index (χ4n) is 2.79. The second-order valence-electron chi connectivity index (χ2n) is 6.82. The van der Waals surface area contributed by atoms with Crippen molar-refractivity contribution < 1.29 is 4.74 Å². The van der Waals surface area contributed by atoms with Gasteiger partial charge in [0, 0.05) is 26.7 Å². The van der Waals surface area contributed by atoms with Gasteiger partial charge in [-0.25, -0.2) is 0 Å². The minimum atomic E-state index is 0.767. The molecule has 0 amide bonds. The minimum Gasteiger partial charge on any atom is -0.379 e. The Morgan fingerprint density at radius 2 is 1.86 bits per heavy atom. The lowest BCUT2D eigenvalue weighted by Gasteiger charge is -2.30. The lowest BCUT2D eigenvalue weighted by atomic mass is 9.99. The Kier molecular flexibility index (Phi) is 8.02. The van der Waals surface area contributed by atoms with Gasteiger partial charge >= 0.3 is 0 Å². The molecule has 0 spiro atoms. The van der Waals surface area contributed by atoms with Crippen molar-refractivity contribution in [1.29, 1.82) is 0 Å². The summed E-state index contributed by atoms with van der Waals surface area (Å²) in [5.74, 6) is 2.65. The van der Waals surface area contributed by atoms with Crippen LogP contribution in [0.1, 0.15) is 39.0 Å². The molecule has 22 heavy (non-hydrogen) atoms. The first kappa shape index (κ1) is 17.5. The summed E-state index contributed by atoms with van der Waals surface area (Å²) in [6.45, 7) is 9.61. The summed E-state index contributed by atoms with van der Waals surface area (Å²) in [5.41, 5.74) is 0. The van der Waals surface area contributed by atoms with Crippen molar-refractivity contribution in [3.8, 4) is 0 Å². The molecule has 1 saturated carbocycles. The number of likely N-dealkylation sites (tertiary alicyclic amines) is 1. The van der Waals surface area contributed by atoms with Crippen molar-refractivity contribution in [2.45, 2.75) is 39.0 Å². The Morgan fingerprint density at radius 1 is 1.14 bits per heavy atom. The molecule has 128 valence electrons. The maximum absolute atomic E-state index is 5.61. The Morgan fingerprint density at radius 3 is 2.55 bits per heavy atom. The first-order chi connectivity index (χ1) is 10.8. The standard InChI is InChI=1S/C17H34N4O/c1-15-6-11-21(12-7-15)10-3-8-19-17(18-2)20-9-13-22-14-16-4-5-16/h15-16H,3-14H2,1-2H3,(H2,18,19,20). The Hall–Kier alpha value is -0.810. The van der Waals surface area contributed by atoms with Crippen LogP contribution in [0.5, 0.6) is 0 Å². The van der Waals surface area contributed by atoms with Crippen molar-refractivity contribution in [2.75, 3.05) is 53.0 Å². The molecule has 5 nitrogen and oxygen atoms in total. The van der Waals surface area contributed by atoms with Crippen LogP contribution >= 0.6 is 0 Å². The Bertz CT molecular complexity index is 323. The maximum Gasteiger partial charge on any atom is 0.191 e. The molecule has 2 fully saturated rings. The van der Waals surface area contributed by atoms with Crippen LogP contribution in [0.15, 0.2) is 4.99 Å². The van der Waals surface area contributed by atoms with Gasteiger partial charge in [0.2, 0.25) is 0 Å². The average Bonchev–Trinajstić information content (AvgIpc) is 3.35. The van der Waals surface area contributed by atoms with E-state index < -0.39 is 0 Å². The number of hydrogen-bond acceptors (Lipinski definition) is 3. The van der Waals surface area contributed by atoms with E-state index in [4.69, 9.17) is 4.74 Å². The second-order valence-corrected chi connectivity index (χ2v) is 6.82. The van der Waals surface area contributed by atoms with Crippen molar-refractivity contribution in [3.05, 3.63) is 0 Å². The molecular weight excluding hydrogens is 276 g/mol. The summed E-state index contributed by atoms with van der Waals surface area (Å²) in [6, 6.07) is 0. The number of guanidine groups is 1. The summed E-state index contributed by atoms with van der Waals surface area (Å²) in [4.78, 5) is 6.84. The summed E-state index contributed by atoms with van der Waals surface area (Å²) in [7, 11) is 1.83. The molecule has 2 aliphatic rings. The van der Waals surface area contributed by atoms with Gasteiger partial charge in [-0.15, -0.1) is 0 Å². The third-order valence-corrected chi connectivity index (χ3v) is 4.63. The number of nitrogens with zero attached hydrogens (tertiary/aromatic N) is 2. The third-order valence-electron chi connectivity index (χ3n) is 4.63. The van der Waals surface area contributed by atoms with E-state index in [1.54, 1.807) is 0 Å². The zero-order valence-electron chi connectivity index (χ0n) is 14.4. The lowest BCUT2D eigenvalue weighted by molar-refractivity contribution is 0.129. The van der Waals surface area contributed by atoms with Crippen molar-refractivity contribution in [1.82, 2.24) is 15.5 Å².